The zero-order valence-electron chi connectivity index (χ0n) is 13.7. The summed E-state index contributed by atoms with van der Waals surface area (Å²) < 4.78 is 0. The van der Waals surface area contributed by atoms with Crippen molar-refractivity contribution in [3.63, 3.8) is 0 Å². The van der Waals surface area contributed by atoms with Crippen molar-refractivity contribution in [2.45, 2.75) is 51.9 Å². The molecule has 0 bridgehead atoms. The van der Waals surface area contributed by atoms with Gasteiger partial charge in [-0.25, -0.2) is 0 Å². The first kappa shape index (κ1) is 15.0. The van der Waals surface area contributed by atoms with Crippen LogP contribution in [-0.4, -0.2) is 5.78 Å². The highest BCUT2D eigenvalue weighted by Gasteiger charge is 2.54. The van der Waals surface area contributed by atoms with Gasteiger partial charge >= 0.3 is 0 Å². The highest BCUT2D eigenvalue weighted by atomic mass is 16.1. The van der Waals surface area contributed by atoms with Gasteiger partial charge in [0.25, 0.3) is 0 Å². The first-order chi connectivity index (χ1) is 10.3. The van der Waals surface area contributed by atoms with Crippen molar-refractivity contribution in [3.05, 3.63) is 41.5 Å². The first-order valence-electron chi connectivity index (χ1n) is 8.07. The van der Waals surface area contributed by atoms with Crippen molar-refractivity contribution in [1.82, 2.24) is 0 Å². The molecule has 0 N–H and O–H groups in total. The Balaban J connectivity index is 2.18. The predicted octanol–water partition coefficient (Wildman–Crippen LogP) is 4.89. The van der Waals surface area contributed by atoms with E-state index in [0.717, 1.165) is 41.5 Å². The van der Waals surface area contributed by atoms with Crippen LogP contribution in [0.5, 0.6) is 0 Å². The Hall–Kier alpha value is -1.88. The first-order valence-corrected chi connectivity index (χ1v) is 8.07. The molecule has 0 radical (unpaired) electrons. The van der Waals surface area contributed by atoms with Crippen molar-refractivity contribution in [1.29, 1.82) is 5.26 Å². The molecular formula is C20H23NO. The van der Waals surface area contributed by atoms with Crippen molar-refractivity contribution >= 4 is 11.4 Å². The SMILES string of the molecule is C=C(C)c1ccc2c(c1)C(=O)C[C@@H]1[C@](C)(C#N)CCC[C@]21C. The predicted molar refractivity (Wildman–Crippen MR) is 88.5 cm³/mol. The van der Waals surface area contributed by atoms with Crippen LogP contribution in [0.25, 0.3) is 5.57 Å². The number of Topliss-reactive ketones (excluding diaryl/α,β-unsaturated/α-hetero) is 1. The van der Waals surface area contributed by atoms with Crippen LogP contribution in [0.15, 0.2) is 24.8 Å². The van der Waals surface area contributed by atoms with Crippen LogP contribution in [0.4, 0.5) is 0 Å². The van der Waals surface area contributed by atoms with E-state index < -0.39 is 5.41 Å². The molecule has 0 spiro atoms. The van der Waals surface area contributed by atoms with E-state index in [-0.39, 0.29) is 17.1 Å². The molecule has 0 aromatic heterocycles. The fourth-order valence-corrected chi connectivity index (χ4v) is 4.61. The van der Waals surface area contributed by atoms with Gasteiger partial charge in [0, 0.05) is 12.0 Å². The number of allylic oxidation sites excluding steroid dienone is 1. The molecule has 0 amide bonds. The molecule has 0 unspecified atom stereocenters. The number of nitriles is 1. The molecule has 0 heterocycles. The second-order valence-electron chi connectivity index (χ2n) is 7.52. The maximum absolute atomic E-state index is 12.7. The maximum atomic E-state index is 12.7. The number of carbonyl (C=O) groups excluding carboxylic acids is 1. The van der Waals surface area contributed by atoms with Crippen LogP contribution in [0.1, 0.15) is 67.9 Å². The summed E-state index contributed by atoms with van der Waals surface area (Å²) in [4.78, 5) is 12.7. The Morgan fingerprint density at radius 1 is 1.36 bits per heavy atom. The molecule has 22 heavy (non-hydrogen) atoms. The number of fused-ring (bicyclic) bond motifs is 3. The summed E-state index contributed by atoms with van der Waals surface area (Å²) in [5.74, 6) is 0.304. The normalized spacial score (nSPS) is 33.5. The summed E-state index contributed by atoms with van der Waals surface area (Å²) in [5, 5.41) is 9.68. The van der Waals surface area contributed by atoms with Crippen LogP contribution in [0.2, 0.25) is 0 Å². The number of ketones is 1. The van der Waals surface area contributed by atoms with E-state index in [4.69, 9.17) is 0 Å². The molecule has 1 fully saturated rings. The van der Waals surface area contributed by atoms with Crippen molar-refractivity contribution in [2.75, 3.05) is 0 Å². The van der Waals surface area contributed by atoms with Gasteiger partial charge in [-0.2, -0.15) is 5.26 Å². The third kappa shape index (κ3) is 1.96. The van der Waals surface area contributed by atoms with Gasteiger partial charge in [-0.15, -0.1) is 0 Å². The van der Waals surface area contributed by atoms with E-state index in [2.05, 4.69) is 31.7 Å². The van der Waals surface area contributed by atoms with Gasteiger partial charge in [0.2, 0.25) is 0 Å². The average molecular weight is 293 g/mol. The number of carbonyl (C=O) groups is 1. The van der Waals surface area contributed by atoms with E-state index in [9.17, 15) is 10.1 Å². The molecule has 114 valence electrons. The van der Waals surface area contributed by atoms with Gasteiger partial charge < -0.3 is 0 Å². The van der Waals surface area contributed by atoms with Gasteiger partial charge in [0.05, 0.1) is 11.5 Å². The summed E-state index contributed by atoms with van der Waals surface area (Å²) in [6, 6.07) is 8.69. The van der Waals surface area contributed by atoms with Gasteiger partial charge in [0.15, 0.2) is 5.78 Å². The molecular weight excluding hydrogens is 270 g/mol. The Labute approximate surface area is 132 Å². The van der Waals surface area contributed by atoms with E-state index in [0.29, 0.717) is 6.42 Å². The number of nitrogens with zero attached hydrogens (tertiary/aromatic N) is 1. The molecule has 2 aliphatic carbocycles. The van der Waals surface area contributed by atoms with Crippen molar-refractivity contribution in [2.24, 2.45) is 11.3 Å². The standard InChI is InChI=1S/C20H23NO/c1-13(2)14-6-7-16-15(10-14)17(22)11-18-19(3,12-21)8-5-9-20(16,18)4/h6-7,10,18H,1,5,8-9,11H2,2-4H3/t18-,19+,20-/m1/s1. The molecule has 3 rings (SSSR count). The topological polar surface area (TPSA) is 40.9 Å². The highest BCUT2D eigenvalue weighted by molar-refractivity contribution is 6.00. The number of hydrogen-bond acceptors (Lipinski definition) is 2. The Morgan fingerprint density at radius 2 is 2.09 bits per heavy atom. The van der Waals surface area contributed by atoms with E-state index in [1.165, 1.54) is 0 Å². The molecule has 3 atom stereocenters. The monoisotopic (exact) mass is 293 g/mol. The summed E-state index contributed by atoms with van der Waals surface area (Å²) in [6.45, 7) is 10.2. The number of hydrogen-bond donors (Lipinski definition) is 0. The van der Waals surface area contributed by atoms with Crippen LogP contribution in [0.3, 0.4) is 0 Å². The minimum Gasteiger partial charge on any atom is -0.294 e. The van der Waals surface area contributed by atoms with Gasteiger partial charge in [0.1, 0.15) is 0 Å². The van der Waals surface area contributed by atoms with Crippen LogP contribution in [-0.2, 0) is 5.41 Å². The lowest BCUT2D eigenvalue weighted by molar-refractivity contribution is 0.0556. The molecule has 2 nitrogen and oxygen atoms in total. The summed E-state index contributed by atoms with van der Waals surface area (Å²) in [6.07, 6.45) is 3.50. The summed E-state index contributed by atoms with van der Waals surface area (Å²) >= 11 is 0. The Bertz CT molecular complexity index is 711. The second-order valence-corrected chi connectivity index (χ2v) is 7.52. The summed E-state index contributed by atoms with van der Waals surface area (Å²) in [7, 11) is 0. The lowest BCUT2D eigenvalue weighted by Gasteiger charge is -2.52. The van der Waals surface area contributed by atoms with Crippen molar-refractivity contribution in [3.8, 4) is 6.07 Å². The summed E-state index contributed by atoms with van der Waals surface area (Å²) in [5.41, 5.74) is 3.54. The van der Waals surface area contributed by atoms with Crippen LogP contribution < -0.4 is 0 Å². The van der Waals surface area contributed by atoms with Crippen LogP contribution >= 0.6 is 0 Å². The third-order valence-corrected chi connectivity index (χ3v) is 6.00. The van der Waals surface area contributed by atoms with Crippen molar-refractivity contribution < 1.29 is 4.79 Å². The molecule has 2 heteroatoms. The molecule has 1 aromatic carbocycles. The highest BCUT2D eigenvalue weighted by Crippen LogP contribution is 2.57. The zero-order chi connectivity index (χ0) is 16.1. The molecule has 0 saturated heterocycles. The van der Waals surface area contributed by atoms with Gasteiger partial charge in [-0.3, -0.25) is 4.79 Å². The molecule has 1 saturated carbocycles. The smallest absolute Gasteiger partial charge is 0.163 e. The van der Waals surface area contributed by atoms with E-state index in [1.807, 2.05) is 19.9 Å². The van der Waals surface area contributed by atoms with Gasteiger partial charge in [-0.05, 0) is 55.2 Å². The molecule has 2 aliphatic rings. The number of rotatable bonds is 1. The lowest BCUT2D eigenvalue weighted by Crippen LogP contribution is -2.50. The minimum absolute atomic E-state index is 0.0699. The fourth-order valence-electron chi connectivity index (χ4n) is 4.61. The largest absolute Gasteiger partial charge is 0.294 e. The quantitative estimate of drug-likeness (QED) is 0.739. The Kier molecular flexibility index (Phi) is 3.29. The molecule has 1 aromatic rings. The van der Waals surface area contributed by atoms with E-state index in [1.54, 1.807) is 0 Å². The second kappa shape index (κ2) is 4.81. The fraction of sp³-hybridized carbons (Fsp3) is 0.500. The minimum atomic E-state index is -0.395. The van der Waals surface area contributed by atoms with Gasteiger partial charge in [-0.1, -0.05) is 37.6 Å². The molecule has 0 aliphatic heterocycles. The lowest BCUT2D eigenvalue weighted by atomic mass is 9.50. The maximum Gasteiger partial charge on any atom is 0.163 e. The average Bonchev–Trinajstić information content (AvgIpc) is 2.49. The van der Waals surface area contributed by atoms with E-state index >= 15 is 0 Å². The van der Waals surface area contributed by atoms with Crippen LogP contribution in [0, 0.1) is 22.7 Å². The Morgan fingerprint density at radius 3 is 2.73 bits per heavy atom. The zero-order valence-corrected chi connectivity index (χ0v) is 13.7. The third-order valence-electron chi connectivity index (χ3n) is 6.00. The number of benzene rings is 1.